The number of hydrogen-bond donors (Lipinski definition) is 1. The number of nitrogen functional groups attached to an aromatic ring is 1. The number of fused-ring (bicyclic) bond motifs is 1. The van der Waals surface area contributed by atoms with E-state index in [1.165, 1.54) is 16.1 Å². The van der Waals surface area contributed by atoms with Crippen molar-refractivity contribution in [3.05, 3.63) is 40.4 Å². The van der Waals surface area contributed by atoms with Crippen molar-refractivity contribution >= 4 is 16.5 Å². The monoisotopic (exact) mass is 260 g/mol. The van der Waals surface area contributed by atoms with Crippen molar-refractivity contribution in [2.45, 2.75) is 25.2 Å². The predicted molar refractivity (Wildman–Crippen MR) is 74.3 cm³/mol. The van der Waals surface area contributed by atoms with Crippen LogP contribution in [0.2, 0.25) is 0 Å². The van der Waals surface area contributed by atoms with Crippen molar-refractivity contribution in [3.8, 4) is 5.75 Å². The van der Waals surface area contributed by atoms with Gasteiger partial charge in [0, 0.05) is 4.88 Å². The van der Waals surface area contributed by atoms with Crippen LogP contribution in [0.1, 0.15) is 28.5 Å². The summed E-state index contributed by atoms with van der Waals surface area (Å²) in [7, 11) is 1.70. The minimum Gasteiger partial charge on any atom is -0.497 e. The number of benzene rings is 1. The van der Waals surface area contributed by atoms with Crippen LogP contribution in [-0.2, 0) is 12.8 Å². The van der Waals surface area contributed by atoms with Gasteiger partial charge in [-0.15, -0.1) is 11.3 Å². The zero-order valence-corrected chi connectivity index (χ0v) is 11.2. The molecule has 1 heterocycles. The Morgan fingerprint density at radius 2 is 2.11 bits per heavy atom. The molecule has 18 heavy (non-hydrogen) atoms. The van der Waals surface area contributed by atoms with Gasteiger partial charge in [-0.1, -0.05) is 12.1 Å². The second-order valence-corrected chi connectivity index (χ2v) is 5.75. The van der Waals surface area contributed by atoms with Crippen molar-refractivity contribution in [2.75, 3.05) is 12.8 Å². The van der Waals surface area contributed by atoms with E-state index in [1.807, 2.05) is 12.1 Å². The minimum atomic E-state index is 0.586. The number of hydrogen-bond acceptors (Lipinski definition) is 4. The van der Waals surface area contributed by atoms with Gasteiger partial charge in [0.15, 0.2) is 5.13 Å². The number of aromatic nitrogens is 1. The topological polar surface area (TPSA) is 48.1 Å². The van der Waals surface area contributed by atoms with Gasteiger partial charge in [0.1, 0.15) is 5.75 Å². The molecule has 0 bridgehead atoms. The van der Waals surface area contributed by atoms with Crippen LogP contribution in [0.25, 0.3) is 0 Å². The summed E-state index contributed by atoms with van der Waals surface area (Å²) in [6.45, 7) is 0. The second-order valence-electron chi connectivity index (χ2n) is 4.63. The van der Waals surface area contributed by atoms with Crippen LogP contribution in [0.5, 0.6) is 5.75 Å². The number of thiazole rings is 1. The van der Waals surface area contributed by atoms with Crippen LogP contribution in [0, 0.1) is 0 Å². The molecule has 3 rings (SSSR count). The maximum Gasteiger partial charge on any atom is 0.180 e. The highest BCUT2D eigenvalue weighted by atomic mass is 32.1. The van der Waals surface area contributed by atoms with Gasteiger partial charge in [-0.3, -0.25) is 0 Å². The van der Waals surface area contributed by atoms with Crippen molar-refractivity contribution in [1.82, 2.24) is 4.98 Å². The average Bonchev–Trinajstić information content (AvgIpc) is 2.78. The first kappa shape index (κ1) is 11.5. The summed E-state index contributed by atoms with van der Waals surface area (Å²) < 4.78 is 5.19. The molecule has 3 nitrogen and oxygen atoms in total. The summed E-state index contributed by atoms with van der Waals surface area (Å²) >= 11 is 1.64. The maximum atomic E-state index is 5.77. The normalized spacial score (nSPS) is 18.4. The number of aryl methyl sites for hydroxylation is 1. The van der Waals surface area contributed by atoms with Crippen molar-refractivity contribution in [2.24, 2.45) is 0 Å². The summed E-state index contributed by atoms with van der Waals surface area (Å²) in [4.78, 5) is 5.74. The number of nitrogens with zero attached hydrogens (tertiary/aromatic N) is 1. The minimum absolute atomic E-state index is 0.586. The van der Waals surface area contributed by atoms with Crippen LogP contribution in [0.4, 0.5) is 5.13 Å². The molecule has 1 aliphatic carbocycles. The SMILES string of the molecule is COc1ccc(C2CCc3nc(N)sc3C2)cc1. The summed E-state index contributed by atoms with van der Waals surface area (Å²) in [5.74, 6) is 1.50. The second kappa shape index (κ2) is 4.61. The lowest BCUT2D eigenvalue weighted by Crippen LogP contribution is -2.11. The molecule has 2 N–H and O–H groups in total. The van der Waals surface area contributed by atoms with Gasteiger partial charge < -0.3 is 10.5 Å². The third-order valence-electron chi connectivity index (χ3n) is 3.54. The highest BCUT2D eigenvalue weighted by Gasteiger charge is 2.23. The fourth-order valence-corrected chi connectivity index (χ4v) is 3.51. The molecule has 0 fully saturated rings. The highest BCUT2D eigenvalue weighted by molar-refractivity contribution is 7.15. The van der Waals surface area contributed by atoms with Crippen LogP contribution >= 0.6 is 11.3 Å². The molecular weight excluding hydrogens is 244 g/mol. The van der Waals surface area contributed by atoms with Gasteiger partial charge in [0.05, 0.1) is 12.8 Å². The summed E-state index contributed by atoms with van der Waals surface area (Å²) in [6, 6.07) is 8.40. The molecule has 1 atom stereocenters. The maximum absolute atomic E-state index is 5.77. The first-order chi connectivity index (χ1) is 8.76. The fraction of sp³-hybridized carbons (Fsp3) is 0.357. The van der Waals surface area contributed by atoms with Gasteiger partial charge in [-0.05, 0) is 42.9 Å². The fourth-order valence-electron chi connectivity index (χ4n) is 2.56. The lowest BCUT2D eigenvalue weighted by atomic mass is 9.85. The number of nitrogens with two attached hydrogens (primary N) is 1. The standard InChI is InChI=1S/C14H16N2OS/c1-17-11-5-2-9(3-6-11)10-4-7-12-13(8-10)18-14(15)16-12/h2-3,5-6,10H,4,7-8H2,1H3,(H2,15,16). The first-order valence-corrected chi connectivity index (χ1v) is 6.96. The Hall–Kier alpha value is -1.55. The molecule has 94 valence electrons. The van der Waals surface area contributed by atoms with Crippen LogP contribution in [-0.4, -0.2) is 12.1 Å². The van der Waals surface area contributed by atoms with Gasteiger partial charge in [0.25, 0.3) is 0 Å². The van der Waals surface area contributed by atoms with Gasteiger partial charge >= 0.3 is 0 Å². The Labute approximate surface area is 111 Å². The van der Waals surface area contributed by atoms with Crippen molar-refractivity contribution in [1.29, 1.82) is 0 Å². The van der Waals surface area contributed by atoms with Crippen LogP contribution in [0.3, 0.4) is 0 Å². The van der Waals surface area contributed by atoms with Crippen LogP contribution in [0.15, 0.2) is 24.3 Å². The number of methoxy groups -OCH3 is 1. The van der Waals surface area contributed by atoms with E-state index in [2.05, 4.69) is 17.1 Å². The van der Waals surface area contributed by atoms with E-state index in [0.29, 0.717) is 11.0 Å². The molecule has 1 unspecified atom stereocenters. The first-order valence-electron chi connectivity index (χ1n) is 6.14. The zero-order chi connectivity index (χ0) is 12.5. The van der Waals surface area contributed by atoms with Crippen LogP contribution < -0.4 is 10.5 Å². The molecule has 1 aromatic carbocycles. The van der Waals surface area contributed by atoms with E-state index >= 15 is 0 Å². The van der Waals surface area contributed by atoms with Gasteiger partial charge in [-0.25, -0.2) is 4.98 Å². The third kappa shape index (κ3) is 2.08. The van der Waals surface area contributed by atoms with E-state index < -0.39 is 0 Å². The Kier molecular flexibility index (Phi) is 2.96. The zero-order valence-electron chi connectivity index (χ0n) is 10.3. The number of anilines is 1. The Bertz CT molecular complexity index is 547. The Morgan fingerprint density at radius 3 is 2.83 bits per heavy atom. The Morgan fingerprint density at radius 1 is 1.33 bits per heavy atom. The lowest BCUT2D eigenvalue weighted by Gasteiger charge is -2.21. The molecule has 1 aliphatic rings. The molecule has 4 heteroatoms. The molecule has 0 spiro atoms. The van der Waals surface area contributed by atoms with E-state index in [-0.39, 0.29) is 0 Å². The molecule has 2 aromatic rings. The lowest BCUT2D eigenvalue weighted by molar-refractivity contribution is 0.414. The largest absolute Gasteiger partial charge is 0.497 e. The van der Waals surface area contributed by atoms with Gasteiger partial charge in [-0.2, -0.15) is 0 Å². The molecule has 0 radical (unpaired) electrons. The average molecular weight is 260 g/mol. The smallest absolute Gasteiger partial charge is 0.180 e. The van der Waals surface area contributed by atoms with Crippen molar-refractivity contribution in [3.63, 3.8) is 0 Å². The van der Waals surface area contributed by atoms with Crippen molar-refractivity contribution < 1.29 is 4.74 Å². The molecule has 1 aromatic heterocycles. The quantitative estimate of drug-likeness (QED) is 0.903. The number of rotatable bonds is 2. The Balaban J connectivity index is 1.82. The molecule has 0 aliphatic heterocycles. The molecule has 0 saturated heterocycles. The van der Waals surface area contributed by atoms with Gasteiger partial charge in [0.2, 0.25) is 0 Å². The van der Waals surface area contributed by atoms with E-state index in [4.69, 9.17) is 10.5 Å². The molecular formula is C14H16N2OS. The van der Waals surface area contributed by atoms with E-state index in [0.717, 1.165) is 25.0 Å². The summed E-state index contributed by atoms with van der Waals surface area (Å²) in [6.07, 6.45) is 3.26. The number of ether oxygens (including phenoxy) is 1. The summed E-state index contributed by atoms with van der Waals surface area (Å²) in [5, 5.41) is 0.704. The van der Waals surface area contributed by atoms with E-state index in [9.17, 15) is 0 Å². The summed E-state index contributed by atoms with van der Waals surface area (Å²) in [5.41, 5.74) is 8.36. The third-order valence-corrected chi connectivity index (χ3v) is 4.49. The highest BCUT2D eigenvalue weighted by Crippen LogP contribution is 2.36. The van der Waals surface area contributed by atoms with E-state index in [1.54, 1.807) is 18.4 Å². The molecule has 0 saturated carbocycles. The predicted octanol–water partition coefficient (Wildman–Crippen LogP) is 3.01. The molecule has 0 amide bonds.